The second-order valence-electron chi connectivity index (χ2n) is 23.5. The van der Waals surface area contributed by atoms with Crippen LogP contribution in [0.3, 0.4) is 0 Å². The molecule has 0 fully saturated rings. The summed E-state index contributed by atoms with van der Waals surface area (Å²) >= 11 is 0. The van der Waals surface area contributed by atoms with Gasteiger partial charge in [-0.25, -0.2) is 4.57 Å². The fraction of sp³-hybridized carbons (Fsp3) is 0.824. The Hall–Kier alpha value is -2.29. The molecule has 9 nitrogen and oxygen atoms in total. The van der Waals surface area contributed by atoms with E-state index < -0.39 is 26.5 Å². The maximum Gasteiger partial charge on any atom is 0.472 e. The zero-order chi connectivity index (χ0) is 57.0. The average Bonchev–Trinajstić information content (AvgIpc) is 3.41. The Kier molecular flexibility index (Phi) is 57.6. The van der Waals surface area contributed by atoms with E-state index in [0.29, 0.717) is 17.4 Å². The normalized spacial score (nSPS) is 13.6. The molecule has 0 saturated carbocycles. The van der Waals surface area contributed by atoms with Gasteiger partial charge in [0.15, 0.2) is 6.10 Å². The molecule has 2 unspecified atom stereocenters. The van der Waals surface area contributed by atoms with Gasteiger partial charge in [0.25, 0.3) is 0 Å². The number of unbranched alkanes of at least 4 members (excludes halogenated alkanes) is 37. The number of likely N-dealkylation sites (N-methyl/N-ethyl adjacent to an activating group) is 1. The second kappa shape index (κ2) is 59.3. The molecule has 0 heterocycles. The first-order valence-electron chi connectivity index (χ1n) is 33.0. The van der Waals surface area contributed by atoms with Gasteiger partial charge in [-0.15, -0.1) is 0 Å². The minimum absolute atomic E-state index is 0.0239. The van der Waals surface area contributed by atoms with Gasteiger partial charge in [-0.05, 0) is 57.8 Å². The molecule has 0 radical (unpaired) electrons. The number of hydrogen-bond acceptors (Lipinski definition) is 7. The predicted molar refractivity (Wildman–Crippen MR) is 335 cm³/mol. The number of nitrogens with zero attached hydrogens (tertiary/aromatic N) is 1. The van der Waals surface area contributed by atoms with Gasteiger partial charge in [-0.3, -0.25) is 18.6 Å². The predicted octanol–water partition coefficient (Wildman–Crippen LogP) is 21.0. The summed E-state index contributed by atoms with van der Waals surface area (Å²) in [5.74, 6) is -0.826. The van der Waals surface area contributed by atoms with Gasteiger partial charge < -0.3 is 18.9 Å². The second-order valence-corrected chi connectivity index (χ2v) is 24.9. The number of carbonyl (C=O) groups is 2. The molecule has 0 aliphatic heterocycles. The number of esters is 2. The summed E-state index contributed by atoms with van der Waals surface area (Å²) in [5.41, 5.74) is 0. The molecule has 0 aromatic carbocycles. The average molecular weight is 1120 g/mol. The number of quaternary nitrogens is 1. The first-order valence-corrected chi connectivity index (χ1v) is 34.5. The van der Waals surface area contributed by atoms with E-state index in [1.807, 2.05) is 21.1 Å². The molecule has 1 N–H and O–H groups in total. The van der Waals surface area contributed by atoms with Crippen molar-refractivity contribution < 1.29 is 42.1 Å². The highest BCUT2D eigenvalue weighted by molar-refractivity contribution is 7.47. The highest BCUT2D eigenvalue weighted by atomic mass is 31.2. The zero-order valence-corrected chi connectivity index (χ0v) is 52.8. The van der Waals surface area contributed by atoms with Crippen LogP contribution in [0.1, 0.15) is 309 Å². The fourth-order valence-electron chi connectivity index (χ4n) is 9.52. The van der Waals surface area contributed by atoms with E-state index in [9.17, 15) is 19.0 Å². The van der Waals surface area contributed by atoms with Crippen LogP contribution in [0.5, 0.6) is 0 Å². The molecule has 0 aliphatic rings. The number of carbonyl (C=O) groups excluding carboxylic acids is 2. The van der Waals surface area contributed by atoms with Crippen LogP contribution in [0.25, 0.3) is 0 Å². The lowest BCUT2D eigenvalue weighted by atomic mass is 10.0. The zero-order valence-electron chi connectivity index (χ0n) is 51.9. The van der Waals surface area contributed by atoms with E-state index >= 15 is 0 Å². The molecule has 0 aromatic heterocycles. The number of allylic oxidation sites excluding steroid dienone is 10. The van der Waals surface area contributed by atoms with Crippen LogP contribution in [0.15, 0.2) is 60.8 Å². The number of ether oxygens (including phenoxy) is 2. The number of hydrogen-bond donors (Lipinski definition) is 1. The van der Waals surface area contributed by atoms with Crippen LogP contribution in [-0.2, 0) is 32.7 Å². The largest absolute Gasteiger partial charge is 0.472 e. The van der Waals surface area contributed by atoms with Crippen molar-refractivity contribution >= 4 is 19.8 Å². The molecule has 0 amide bonds. The number of phosphoric ester groups is 1. The first kappa shape index (κ1) is 75.7. The van der Waals surface area contributed by atoms with Gasteiger partial charge in [0.1, 0.15) is 19.8 Å². The maximum absolute atomic E-state index is 12.8. The summed E-state index contributed by atoms with van der Waals surface area (Å²) < 4.78 is 34.6. The van der Waals surface area contributed by atoms with Crippen molar-refractivity contribution in [2.75, 3.05) is 47.5 Å². The summed E-state index contributed by atoms with van der Waals surface area (Å²) in [5, 5.41) is 0. The van der Waals surface area contributed by atoms with Crippen molar-refractivity contribution in [2.45, 2.75) is 315 Å². The van der Waals surface area contributed by atoms with Crippen LogP contribution in [0.2, 0.25) is 0 Å². The molecule has 78 heavy (non-hydrogen) atoms. The molecule has 10 heteroatoms. The third-order valence-electron chi connectivity index (χ3n) is 14.6. The standard InChI is InChI=1S/C68H126NO8P/c1-6-8-10-12-14-16-18-20-22-24-26-27-28-29-30-31-32-33-34-35-36-37-38-39-40-41-43-44-46-48-50-52-54-56-58-60-67(70)74-64-66(65-76-78(72,73)75-63-62-69(3,4)5)77-68(71)61-59-57-55-53-51-49-47-45-42-25-23-21-19-17-15-13-11-9-7-2/h9,11,15,17,21,23,42,45,49,51,66H,6-8,10,12-14,16,18-20,22,24-41,43-44,46-48,50,52-65H2,1-5H3/p+1/b11-9-,17-15-,23-21-,45-42-,51-49-. The van der Waals surface area contributed by atoms with Crippen molar-refractivity contribution in [2.24, 2.45) is 0 Å². The van der Waals surface area contributed by atoms with Crippen molar-refractivity contribution in [1.29, 1.82) is 0 Å². The fourth-order valence-corrected chi connectivity index (χ4v) is 10.3. The van der Waals surface area contributed by atoms with Crippen molar-refractivity contribution in [3.63, 3.8) is 0 Å². The minimum Gasteiger partial charge on any atom is -0.462 e. The Morgan fingerprint density at radius 3 is 1.09 bits per heavy atom. The molecule has 0 aromatic rings. The van der Waals surface area contributed by atoms with E-state index in [2.05, 4.69) is 74.6 Å². The van der Waals surface area contributed by atoms with Gasteiger partial charge in [0.05, 0.1) is 27.7 Å². The molecule has 0 bridgehead atoms. The van der Waals surface area contributed by atoms with Gasteiger partial charge in [0, 0.05) is 12.8 Å². The Morgan fingerprint density at radius 2 is 0.731 bits per heavy atom. The lowest BCUT2D eigenvalue weighted by Gasteiger charge is -2.24. The van der Waals surface area contributed by atoms with Gasteiger partial charge in [-0.1, -0.05) is 299 Å². The van der Waals surface area contributed by atoms with E-state index in [0.717, 1.165) is 70.6 Å². The highest BCUT2D eigenvalue weighted by Crippen LogP contribution is 2.43. The van der Waals surface area contributed by atoms with Crippen LogP contribution in [0.4, 0.5) is 0 Å². The Labute approximate surface area is 483 Å². The molecule has 2 atom stereocenters. The lowest BCUT2D eigenvalue weighted by molar-refractivity contribution is -0.870. The lowest BCUT2D eigenvalue weighted by Crippen LogP contribution is -2.37. The van der Waals surface area contributed by atoms with Gasteiger partial charge in [0.2, 0.25) is 0 Å². The number of phosphoric acid groups is 1. The van der Waals surface area contributed by atoms with Crippen LogP contribution in [0, 0.1) is 0 Å². The summed E-state index contributed by atoms with van der Waals surface area (Å²) in [6, 6.07) is 0. The third kappa shape index (κ3) is 62.9. The van der Waals surface area contributed by atoms with Crippen LogP contribution < -0.4 is 0 Å². The van der Waals surface area contributed by atoms with Gasteiger partial charge >= 0.3 is 19.8 Å². The highest BCUT2D eigenvalue weighted by Gasteiger charge is 2.27. The number of rotatable bonds is 61. The first-order chi connectivity index (χ1) is 38.0. The third-order valence-corrected chi connectivity index (χ3v) is 15.5. The summed E-state index contributed by atoms with van der Waals surface area (Å²) in [4.78, 5) is 35.7. The molecule has 0 spiro atoms. The van der Waals surface area contributed by atoms with Crippen LogP contribution in [-0.4, -0.2) is 74.9 Å². The smallest absolute Gasteiger partial charge is 0.462 e. The SMILES string of the molecule is CC/C=C\C/C=C\C/C=C\C/C=C\C/C=C\CCCCCC(=O)OC(COC(=O)CCCCCCCCCCCCCCCCCCCCCCCCCCCCCCCCCCCCC)COP(=O)(O)OCC[N+](C)(C)C. The summed E-state index contributed by atoms with van der Waals surface area (Å²) in [6.45, 7) is 4.32. The topological polar surface area (TPSA) is 108 Å². The van der Waals surface area contributed by atoms with Crippen molar-refractivity contribution in [1.82, 2.24) is 0 Å². The van der Waals surface area contributed by atoms with E-state index in [4.69, 9.17) is 18.5 Å². The minimum atomic E-state index is -4.40. The maximum atomic E-state index is 12.8. The van der Waals surface area contributed by atoms with Crippen molar-refractivity contribution in [3.8, 4) is 0 Å². The Morgan fingerprint density at radius 1 is 0.410 bits per heavy atom. The van der Waals surface area contributed by atoms with E-state index in [-0.39, 0.29) is 32.0 Å². The van der Waals surface area contributed by atoms with Crippen LogP contribution >= 0.6 is 7.82 Å². The Bertz CT molecular complexity index is 1500. The molecular formula is C68H127NO8P+. The summed E-state index contributed by atoms with van der Waals surface area (Å²) in [7, 11) is 1.46. The summed E-state index contributed by atoms with van der Waals surface area (Å²) in [6.07, 6.45) is 77.7. The monoisotopic (exact) mass is 1120 g/mol. The van der Waals surface area contributed by atoms with E-state index in [1.54, 1.807) is 0 Å². The molecule has 456 valence electrons. The quantitative estimate of drug-likeness (QED) is 0.0211. The molecule has 0 saturated heterocycles. The Balaban J connectivity index is 3.98. The molecule has 0 aliphatic carbocycles. The van der Waals surface area contributed by atoms with E-state index in [1.165, 1.54) is 205 Å². The molecule has 0 rings (SSSR count). The van der Waals surface area contributed by atoms with Gasteiger partial charge in [-0.2, -0.15) is 0 Å². The molecular weight excluding hydrogens is 990 g/mol. The van der Waals surface area contributed by atoms with Crippen molar-refractivity contribution in [3.05, 3.63) is 60.8 Å².